The van der Waals surface area contributed by atoms with E-state index in [9.17, 15) is 4.79 Å². The quantitative estimate of drug-likeness (QED) is 0.431. The maximum atomic E-state index is 11.3. The van der Waals surface area contributed by atoms with Crippen LogP contribution in [0.3, 0.4) is 0 Å². The van der Waals surface area contributed by atoms with Crippen molar-refractivity contribution < 1.29 is 19.0 Å². The van der Waals surface area contributed by atoms with Crippen molar-refractivity contribution in [3.63, 3.8) is 0 Å². The Morgan fingerprint density at radius 2 is 2.04 bits per heavy atom. The Hall–Kier alpha value is -3.02. The summed E-state index contributed by atoms with van der Waals surface area (Å²) in [5.74, 6) is 1.02. The molecular formula is C19H22N2O4. The SMILES string of the molecule is CCOC(=O)COc1cccc(/C=N/NCc2ccccc2OC)c1. The van der Waals surface area contributed by atoms with Gasteiger partial charge >= 0.3 is 5.97 Å². The van der Waals surface area contributed by atoms with Crippen molar-refractivity contribution >= 4 is 12.2 Å². The summed E-state index contributed by atoms with van der Waals surface area (Å²) in [6.45, 7) is 2.54. The molecule has 0 atom stereocenters. The second kappa shape index (κ2) is 9.97. The van der Waals surface area contributed by atoms with Crippen molar-refractivity contribution in [2.75, 3.05) is 20.3 Å². The number of methoxy groups -OCH3 is 1. The molecule has 0 saturated carbocycles. The molecule has 0 spiro atoms. The zero-order valence-electron chi connectivity index (χ0n) is 14.4. The minimum Gasteiger partial charge on any atom is -0.496 e. The lowest BCUT2D eigenvalue weighted by molar-refractivity contribution is -0.145. The predicted molar refractivity (Wildman–Crippen MR) is 96.0 cm³/mol. The van der Waals surface area contributed by atoms with Crippen molar-refractivity contribution in [1.29, 1.82) is 0 Å². The van der Waals surface area contributed by atoms with E-state index in [0.717, 1.165) is 16.9 Å². The Bertz CT molecular complexity index is 716. The highest BCUT2D eigenvalue weighted by Crippen LogP contribution is 2.16. The van der Waals surface area contributed by atoms with Gasteiger partial charge in [-0.25, -0.2) is 4.79 Å². The van der Waals surface area contributed by atoms with Gasteiger partial charge in [0.05, 0.1) is 26.5 Å². The van der Waals surface area contributed by atoms with Crippen molar-refractivity contribution in [2.45, 2.75) is 13.5 Å². The van der Waals surface area contributed by atoms with E-state index in [4.69, 9.17) is 14.2 Å². The van der Waals surface area contributed by atoms with Gasteiger partial charge in [0.2, 0.25) is 0 Å². The standard InChI is InChI=1S/C19H22N2O4/c1-3-24-19(22)14-25-17-9-6-7-15(11-17)12-20-21-13-16-8-4-5-10-18(16)23-2/h4-12,21H,3,13-14H2,1-2H3/b20-12+. The monoisotopic (exact) mass is 342 g/mol. The molecule has 0 bridgehead atoms. The molecule has 6 heteroatoms. The molecule has 1 N–H and O–H groups in total. The molecule has 2 rings (SSSR count). The van der Waals surface area contributed by atoms with Crippen molar-refractivity contribution in [2.24, 2.45) is 5.10 Å². The van der Waals surface area contributed by atoms with Crippen LogP contribution in [0.2, 0.25) is 0 Å². The number of hydrogen-bond acceptors (Lipinski definition) is 6. The van der Waals surface area contributed by atoms with E-state index in [1.165, 1.54) is 0 Å². The van der Waals surface area contributed by atoms with Crippen LogP contribution in [0.15, 0.2) is 53.6 Å². The number of rotatable bonds is 9. The summed E-state index contributed by atoms with van der Waals surface area (Å²) in [5, 5.41) is 4.20. The first kappa shape index (κ1) is 18.3. The van der Waals surface area contributed by atoms with Gasteiger partial charge in [-0.05, 0) is 30.7 Å². The normalized spacial score (nSPS) is 10.5. The largest absolute Gasteiger partial charge is 0.496 e. The second-order valence-electron chi connectivity index (χ2n) is 5.07. The summed E-state index contributed by atoms with van der Waals surface area (Å²) >= 11 is 0. The van der Waals surface area contributed by atoms with Crippen LogP contribution < -0.4 is 14.9 Å². The van der Waals surface area contributed by atoms with Crippen molar-refractivity contribution in [3.8, 4) is 11.5 Å². The number of para-hydroxylation sites is 1. The minimum atomic E-state index is -0.389. The van der Waals surface area contributed by atoms with Crippen LogP contribution in [0.25, 0.3) is 0 Å². The van der Waals surface area contributed by atoms with E-state index >= 15 is 0 Å². The van der Waals surface area contributed by atoms with Crippen LogP contribution in [-0.2, 0) is 16.1 Å². The molecule has 6 nitrogen and oxygen atoms in total. The van der Waals surface area contributed by atoms with E-state index in [1.54, 1.807) is 32.4 Å². The predicted octanol–water partition coefficient (Wildman–Crippen LogP) is 2.76. The molecule has 0 aliphatic rings. The number of hydrazone groups is 1. The van der Waals surface area contributed by atoms with Crippen molar-refractivity contribution in [3.05, 3.63) is 59.7 Å². The highest BCUT2D eigenvalue weighted by Gasteiger charge is 2.03. The topological polar surface area (TPSA) is 69.2 Å². The average Bonchev–Trinajstić information content (AvgIpc) is 2.64. The third-order valence-electron chi connectivity index (χ3n) is 3.29. The maximum absolute atomic E-state index is 11.3. The van der Waals surface area contributed by atoms with Crippen LogP contribution in [0.1, 0.15) is 18.1 Å². The maximum Gasteiger partial charge on any atom is 0.344 e. The zero-order valence-corrected chi connectivity index (χ0v) is 14.4. The number of nitrogens with one attached hydrogen (secondary N) is 1. The number of nitrogens with zero attached hydrogens (tertiary/aromatic N) is 1. The lowest BCUT2D eigenvalue weighted by Crippen LogP contribution is -2.14. The van der Waals surface area contributed by atoms with Crippen LogP contribution in [0, 0.1) is 0 Å². The Morgan fingerprint density at radius 3 is 2.84 bits per heavy atom. The molecule has 2 aromatic carbocycles. The highest BCUT2D eigenvalue weighted by atomic mass is 16.6. The summed E-state index contributed by atoms with van der Waals surface area (Å²) in [6, 6.07) is 15.1. The van der Waals surface area contributed by atoms with E-state index in [-0.39, 0.29) is 12.6 Å². The first-order chi connectivity index (χ1) is 12.2. The lowest BCUT2D eigenvalue weighted by Gasteiger charge is -2.07. The summed E-state index contributed by atoms with van der Waals surface area (Å²) in [5.41, 5.74) is 4.86. The fourth-order valence-electron chi connectivity index (χ4n) is 2.13. The molecular weight excluding hydrogens is 320 g/mol. The molecule has 0 aliphatic carbocycles. The summed E-state index contributed by atoms with van der Waals surface area (Å²) in [7, 11) is 1.64. The van der Waals surface area contributed by atoms with Gasteiger partial charge in [0, 0.05) is 5.56 Å². The minimum absolute atomic E-state index is 0.111. The molecule has 0 unspecified atom stereocenters. The molecule has 132 valence electrons. The Balaban J connectivity index is 1.86. The number of esters is 1. The fraction of sp³-hybridized carbons (Fsp3) is 0.263. The van der Waals surface area contributed by atoms with E-state index in [2.05, 4.69) is 10.5 Å². The highest BCUT2D eigenvalue weighted by molar-refractivity contribution is 5.80. The summed E-state index contributed by atoms with van der Waals surface area (Å²) < 4.78 is 15.5. The van der Waals surface area contributed by atoms with Crippen LogP contribution in [0.4, 0.5) is 0 Å². The van der Waals surface area contributed by atoms with Gasteiger partial charge < -0.3 is 19.6 Å². The molecule has 2 aromatic rings. The Labute approximate surface area is 147 Å². The molecule has 0 fully saturated rings. The van der Waals surface area contributed by atoms with Gasteiger partial charge in [-0.3, -0.25) is 0 Å². The van der Waals surface area contributed by atoms with Gasteiger partial charge in [-0.2, -0.15) is 5.10 Å². The number of carbonyl (C=O) groups excluding carboxylic acids is 1. The van der Waals surface area contributed by atoms with E-state index < -0.39 is 0 Å². The molecule has 0 radical (unpaired) electrons. The van der Waals surface area contributed by atoms with Gasteiger partial charge in [0.1, 0.15) is 11.5 Å². The smallest absolute Gasteiger partial charge is 0.344 e. The fourth-order valence-corrected chi connectivity index (χ4v) is 2.13. The van der Waals surface area contributed by atoms with Crippen LogP contribution in [-0.4, -0.2) is 32.5 Å². The third kappa shape index (κ3) is 6.18. The molecule has 0 aromatic heterocycles. The summed E-state index contributed by atoms with van der Waals surface area (Å²) in [6.07, 6.45) is 1.69. The first-order valence-electron chi connectivity index (χ1n) is 7.99. The number of benzene rings is 2. The Morgan fingerprint density at radius 1 is 1.20 bits per heavy atom. The second-order valence-corrected chi connectivity index (χ2v) is 5.07. The molecule has 0 amide bonds. The summed E-state index contributed by atoms with van der Waals surface area (Å²) in [4.78, 5) is 11.3. The third-order valence-corrected chi connectivity index (χ3v) is 3.29. The van der Waals surface area contributed by atoms with E-state index in [0.29, 0.717) is 18.9 Å². The zero-order chi connectivity index (χ0) is 17.9. The molecule has 25 heavy (non-hydrogen) atoms. The molecule has 0 saturated heterocycles. The van der Waals surface area contributed by atoms with Crippen molar-refractivity contribution in [1.82, 2.24) is 5.43 Å². The average molecular weight is 342 g/mol. The van der Waals surface area contributed by atoms with Gasteiger partial charge in [0.25, 0.3) is 0 Å². The van der Waals surface area contributed by atoms with Crippen LogP contribution in [0.5, 0.6) is 11.5 Å². The van der Waals surface area contributed by atoms with Crippen LogP contribution >= 0.6 is 0 Å². The number of hydrogen-bond donors (Lipinski definition) is 1. The number of ether oxygens (including phenoxy) is 3. The molecule has 0 aliphatic heterocycles. The van der Waals surface area contributed by atoms with Gasteiger partial charge in [0.15, 0.2) is 6.61 Å². The number of carbonyl (C=O) groups is 1. The Kier molecular flexibility index (Phi) is 7.31. The van der Waals surface area contributed by atoms with Gasteiger partial charge in [-0.15, -0.1) is 0 Å². The van der Waals surface area contributed by atoms with E-state index in [1.807, 2.05) is 36.4 Å². The molecule has 0 heterocycles. The first-order valence-corrected chi connectivity index (χ1v) is 7.99. The lowest BCUT2D eigenvalue weighted by atomic mass is 10.2. The van der Waals surface area contributed by atoms with Gasteiger partial charge in [-0.1, -0.05) is 30.3 Å².